The Hall–Kier alpha value is -1.02. The molecule has 0 unspecified atom stereocenters. The molecule has 0 spiro atoms. The summed E-state index contributed by atoms with van der Waals surface area (Å²) in [6.07, 6.45) is 1.13. The molecule has 112 valence electrons. The fourth-order valence-corrected chi connectivity index (χ4v) is 2.89. The summed E-state index contributed by atoms with van der Waals surface area (Å²) in [6, 6.07) is 10.4. The van der Waals surface area contributed by atoms with Crippen LogP contribution < -0.4 is 5.32 Å². The van der Waals surface area contributed by atoms with E-state index < -0.39 is 0 Å². The number of hydrogen-bond donors (Lipinski definition) is 1. The van der Waals surface area contributed by atoms with E-state index >= 15 is 0 Å². The lowest BCUT2D eigenvalue weighted by Crippen LogP contribution is -2.13. The Bertz CT molecular complexity index is 635. The highest BCUT2D eigenvalue weighted by atomic mass is 35.5. The molecule has 0 heterocycles. The van der Waals surface area contributed by atoms with Crippen molar-refractivity contribution in [1.82, 2.24) is 5.32 Å². The lowest BCUT2D eigenvalue weighted by atomic mass is 9.97. The average Bonchev–Trinajstić information content (AvgIpc) is 2.44. The van der Waals surface area contributed by atoms with Crippen molar-refractivity contribution in [2.45, 2.75) is 33.7 Å². The number of halogens is 2. The fourth-order valence-electron chi connectivity index (χ4n) is 2.37. The van der Waals surface area contributed by atoms with Crippen molar-refractivity contribution in [3.63, 3.8) is 0 Å². The van der Waals surface area contributed by atoms with Crippen molar-refractivity contribution >= 4 is 23.2 Å². The summed E-state index contributed by atoms with van der Waals surface area (Å²) in [4.78, 5) is 0. The monoisotopic (exact) mass is 321 g/mol. The molecule has 2 rings (SSSR count). The van der Waals surface area contributed by atoms with E-state index in [9.17, 15) is 0 Å². The highest BCUT2D eigenvalue weighted by Crippen LogP contribution is 2.33. The van der Waals surface area contributed by atoms with E-state index in [1.54, 1.807) is 0 Å². The number of benzene rings is 2. The molecular formula is C18H21Cl2N. The predicted octanol–water partition coefficient (Wildman–Crippen LogP) is 5.78. The fraction of sp³-hybridized carbons (Fsp3) is 0.333. The second kappa shape index (κ2) is 7.31. The van der Waals surface area contributed by atoms with E-state index in [-0.39, 0.29) is 0 Å². The minimum Gasteiger partial charge on any atom is -0.313 e. The molecule has 0 aliphatic heterocycles. The van der Waals surface area contributed by atoms with E-state index in [1.165, 1.54) is 5.56 Å². The molecule has 0 fully saturated rings. The topological polar surface area (TPSA) is 12.0 Å². The van der Waals surface area contributed by atoms with Crippen LogP contribution in [0, 0.1) is 13.8 Å². The van der Waals surface area contributed by atoms with E-state index in [0.717, 1.165) is 51.8 Å². The van der Waals surface area contributed by atoms with Crippen LogP contribution in [0.2, 0.25) is 10.0 Å². The second-order valence-electron chi connectivity index (χ2n) is 5.41. The van der Waals surface area contributed by atoms with Crippen LogP contribution in [0.1, 0.15) is 30.0 Å². The summed E-state index contributed by atoms with van der Waals surface area (Å²) >= 11 is 12.6. The van der Waals surface area contributed by atoms with Gasteiger partial charge in [0.25, 0.3) is 0 Å². The molecule has 0 aliphatic rings. The van der Waals surface area contributed by atoms with Gasteiger partial charge in [-0.25, -0.2) is 0 Å². The average molecular weight is 322 g/mol. The Kier molecular flexibility index (Phi) is 5.69. The molecule has 1 N–H and O–H groups in total. The molecule has 0 aliphatic carbocycles. The molecule has 1 nitrogen and oxygen atoms in total. The zero-order chi connectivity index (χ0) is 15.4. The van der Waals surface area contributed by atoms with E-state index in [1.807, 2.05) is 19.1 Å². The number of nitrogens with one attached hydrogen (secondary N) is 1. The maximum Gasteiger partial charge on any atom is 0.0487 e. The minimum absolute atomic E-state index is 0.788. The molecular weight excluding hydrogens is 301 g/mol. The first-order valence-electron chi connectivity index (χ1n) is 7.29. The second-order valence-corrected chi connectivity index (χ2v) is 6.22. The first-order valence-corrected chi connectivity index (χ1v) is 8.04. The third-order valence-corrected chi connectivity index (χ3v) is 4.31. The van der Waals surface area contributed by atoms with Gasteiger partial charge in [-0.05, 0) is 67.3 Å². The van der Waals surface area contributed by atoms with Gasteiger partial charge >= 0.3 is 0 Å². The summed E-state index contributed by atoms with van der Waals surface area (Å²) in [5.41, 5.74) is 5.63. The van der Waals surface area contributed by atoms with Crippen molar-refractivity contribution in [2.24, 2.45) is 0 Å². The van der Waals surface area contributed by atoms with Gasteiger partial charge in [-0.2, -0.15) is 0 Å². The molecule has 0 atom stereocenters. The zero-order valence-electron chi connectivity index (χ0n) is 12.8. The summed E-state index contributed by atoms with van der Waals surface area (Å²) < 4.78 is 0. The summed E-state index contributed by atoms with van der Waals surface area (Å²) in [5, 5.41) is 4.98. The van der Waals surface area contributed by atoms with Crippen LogP contribution in [0.3, 0.4) is 0 Å². The number of hydrogen-bond acceptors (Lipinski definition) is 1. The van der Waals surface area contributed by atoms with Crippen LogP contribution in [0.15, 0.2) is 30.3 Å². The largest absolute Gasteiger partial charge is 0.313 e. The third kappa shape index (κ3) is 4.00. The first kappa shape index (κ1) is 16.4. The van der Waals surface area contributed by atoms with Gasteiger partial charge in [-0.15, -0.1) is 0 Å². The molecule has 0 amide bonds. The van der Waals surface area contributed by atoms with Crippen LogP contribution in [-0.2, 0) is 6.54 Å². The van der Waals surface area contributed by atoms with Gasteiger partial charge in [-0.1, -0.05) is 42.3 Å². The van der Waals surface area contributed by atoms with Gasteiger partial charge in [0.05, 0.1) is 0 Å². The Morgan fingerprint density at radius 2 is 1.67 bits per heavy atom. The van der Waals surface area contributed by atoms with E-state index in [2.05, 4.69) is 37.4 Å². The molecule has 0 radical (unpaired) electrons. The van der Waals surface area contributed by atoms with Crippen LogP contribution in [0.5, 0.6) is 0 Å². The minimum atomic E-state index is 0.788. The lowest BCUT2D eigenvalue weighted by Gasteiger charge is -2.12. The lowest BCUT2D eigenvalue weighted by molar-refractivity contribution is 0.675. The highest BCUT2D eigenvalue weighted by molar-refractivity contribution is 6.33. The highest BCUT2D eigenvalue weighted by Gasteiger charge is 2.09. The van der Waals surface area contributed by atoms with Gasteiger partial charge in [0.2, 0.25) is 0 Å². The molecule has 0 saturated heterocycles. The SMILES string of the molecule is CCCNCc1ccc(-c2cc(C)c(Cl)cc2C)c(Cl)c1. The molecule has 0 aromatic heterocycles. The summed E-state index contributed by atoms with van der Waals surface area (Å²) in [7, 11) is 0. The summed E-state index contributed by atoms with van der Waals surface area (Å²) in [6.45, 7) is 8.12. The molecule has 0 bridgehead atoms. The van der Waals surface area contributed by atoms with Crippen LogP contribution in [0.4, 0.5) is 0 Å². The van der Waals surface area contributed by atoms with Crippen molar-refractivity contribution in [1.29, 1.82) is 0 Å². The van der Waals surface area contributed by atoms with E-state index in [0.29, 0.717) is 0 Å². The Balaban J connectivity index is 2.31. The van der Waals surface area contributed by atoms with Crippen LogP contribution in [0.25, 0.3) is 11.1 Å². The smallest absolute Gasteiger partial charge is 0.0487 e. The maximum atomic E-state index is 6.48. The van der Waals surface area contributed by atoms with Crippen molar-refractivity contribution in [3.8, 4) is 11.1 Å². The zero-order valence-corrected chi connectivity index (χ0v) is 14.3. The van der Waals surface area contributed by atoms with Crippen molar-refractivity contribution in [3.05, 3.63) is 57.1 Å². The predicted molar refractivity (Wildman–Crippen MR) is 93.4 cm³/mol. The normalized spacial score (nSPS) is 10.9. The number of rotatable bonds is 5. The van der Waals surface area contributed by atoms with Gasteiger partial charge < -0.3 is 5.32 Å². The van der Waals surface area contributed by atoms with Crippen LogP contribution >= 0.6 is 23.2 Å². The Morgan fingerprint density at radius 3 is 2.33 bits per heavy atom. The quantitative estimate of drug-likeness (QED) is 0.688. The van der Waals surface area contributed by atoms with Gasteiger partial charge in [0, 0.05) is 22.2 Å². The van der Waals surface area contributed by atoms with Crippen molar-refractivity contribution < 1.29 is 0 Å². The Morgan fingerprint density at radius 1 is 0.905 bits per heavy atom. The molecule has 3 heteroatoms. The molecule has 2 aromatic rings. The van der Waals surface area contributed by atoms with Gasteiger partial charge in [0.1, 0.15) is 0 Å². The van der Waals surface area contributed by atoms with Gasteiger partial charge in [-0.3, -0.25) is 0 Å². The van der Waals surface area contributed by atoms with E-state index in [4.69, 9.17) is 23.2 Å². The summed E-state index contributed by atoms with van der Waals surface area (Å²) in [5.74, 6) is 0. The maximum absolute atomic E-state index is 6.48. The third-order valence-electron chi connectivity index (χ3n) is 3.59. The first-order chi connectivity index (χ1) is 10.0. The van der Waals surface area contributed by atoms with Crippen molar-refractivity contribution in [2.75, 3.05) is 6.54 Å². The molecule has 0 saturated carbocycles. The molecule has 2 aromatic carbocycles. The van der Waals surface area contributed by atoms with Gasteiger partial charge in [0.15, 0.2) is 0 Å². The van der Waals surface area contributed by atoms with Crippen LogP contribution in [-0.4, -0.2) is 6.54 Å². The molecule has 21 heavy (non-hydrogen) atoms. The Labute approximate surface area is 137 Å². The standard InChI is InChI=1S/C18H21Cl2N/c1-4-7-21-11-14-5-6-15(18(20)10-14)16-8-13(3)17(19)9-12(16)2/h5-6,8-10,21H,4,7,11H2,1-3H3. The number of aryl methyl sites for hydroxylation is 2.